The van der Waals surface area contributed by atoms with E-state index in [0.717, 1.165) is 0 Å². The van der Waals surface area contributed by atoms with E-state index in [-0.39, 0.29) is 19.1 Å². The van der Waals surface area contributed by atoms with E-state index in [2.05, 4.69) is 9.97 Å². The highest BCUT2D eigenvalue weighted by Crippen LogP contribution is 2.27. The van der Waals surface area contributed by atoms with Gasteiger partial charge in [0, 0.05) is 23.8 Å². The van der Waals surface area contributed by atoms with Gasteiger partial charge >= 0.3 is 0 Å². The average Bonchev–Trinajstić information content (AvgIpc) is 3.27. The number of fused-ring (bicyclic) bond motifs is 1. The molecule has 0 aliphatic heterocycles. The molecule has 0 spiro atoms. The van der Waals surface area contributed by atoms with Gasteiger partial charge in [-0.2, -0.15) is 0 Å². The third-order valence-electron chi connectivity index (χ3n) is 4.48. The quantitative estimate of drug-likeness (QED) is 0.303. The number of oxazole rings is 1. The summed E-state index contributed by atoms with van der Waals surface area (Å²) in [5.74, 6) is 0.781. The Hall–Kier alpha value is -2.98. The molecule has 0 radical (unpaired) electrons. The molecule has 3 aromatic heterocycles. The predicted molar refractivity (Wildman–Crippen MR) is 120 cm³/mol. The zero-order valence-electron chi connectivity index (χ0n) is 16.3. The van der Waals surface area contributed by atoms with Crippen LogP contribution in [0, 0.1) is 4.77 Å². The van der Waals surface area contributed by atoms with Crippen molar-refractivity contribution in [3.63, 3.8) is 0 Å². The maximum atomic E-state index is 10.9. The van der Waals surface area contributed by atoms with Crippen molar-refractivity contribution in [3.8, 4) is 11.7 Å². The summed E-state index contributed by atoms with van der Waals surface area (Å²) in [6.45, 7) is 0.828. The van der Waals surface area contributed by atoms with Crippen molar-refractivity contribution in [2.45, 2.75) is 6.54 Å². The van der Waals surface area contributed by atoms with Crippen LogP contribution in [0.1, 0.15) is 11.6 Å². The number of aliphatic hydroxyl groups is 1. The van der Waals surface area contributed by atoms with E-state index in [9.17, 15) is 5.11 Å². The van der Waals surface area contributed by atoms with Gasteiger partial charge in [0.05, 0.1) is 19.8 Å². The number of pyridine rings is 1. The van der Waals surface area contributed by atoms with Gasteiger partial charge in [0.25, 0.3) is 0 Å². The third-order valence-corrected chi connectivity index (χ3v) is 5.12. The molecule has 0 saturated carbocycles. The smallest absolute Gasteiger partial charge is 0.223 e. The number of hydrogen-bond acceptors (Lipinski definition) is 7. The number of imidazole rings is 1. The number of ether oxygens (including phenoxy) is 1. The van der Waals surface area contributed by atoms with E-state index >= 15 is 0 Å². The lowest BCUT2D eigenvalue weighted by Crippen LogP contribution is -2.10. The Balaban J connectivity index is 1.73. The van der Waals surface area contributed by atoms with Crippen LogP contribution in [0.25, 0.3) is 29.1 Å². The van der Waals surface area contributed by atoms with Crippen molar-refractivity contribution in [2.24, 2.45) is 0 Å². The fourth-order valence-corrected chi connectivity index (χ4v) is 3.62. The molecule has 4 rings (SSSR count). The zero-order chi connectivity index (χ0) is 21.8. The number of benzene rings is 1. The number of aromatic hydroxyl groups is 1. The first kappa shape index (κ1) is 21.3. The van der Waals surface area contributed by atoms with Gasteiger partial charge in [0.1, 0.15) is 17.0 Å². The largest absolute Gasteiger partial charge is 0.493 e. The molecule has 8 nitrogen and oxygen atoms in total. The first-order valence-corrected chi connectivity index (χ1v) is 10.3. The maximum absolute atomic E-state index is 10.9. The molecule has 160 valence electrons. The molecular weight excluding hydrogens is 440 g/mol. The zero-order valence-corrected chi connectivity index (χ0v) is 17.9. The van der Waals surface area contributed by atoms with Crippen molar-refractivity contribution >= 4 is 47.1 Å². The normalized spacial score (nSPS) is 11.7. The van der Waals surface area contributed by atoms with Crippen LogP contribution in [0.2, 0.25) is 5.02 Å². The molecule has 0 bridgehead atoms. The van der Waals surface area contributed by atoms with Crippen molar-refractivity contribution in [1.82, 2.24) is 19.1 Å². The number of halogens is 1. The van der Waals surface area contributed by atoms with Gasteiger partial charge in [-0.3, -0.25) is 0 Å². The molecule has 0 fully saturated rings. The number of rotatable bonds is 8. The van der Waals surface area contributed by atoms with Gasteiger partial charge in [-0.05, 0) is 48.6 Å². The predicted octanol–water partition coefficient (Wildman–Crippen LogP) is 4.08. The molecule has 4 aromatic rings. The molecule has 0 amide bonds. The number of aromatic nitrogens is 4. The fourth-order valence-electron chi connectivity index (χ4n) is 3.09. The molecule has 0 aliphatic rings. The lowest BCUT2D eigenvalue weighted by atomic mass is 10.3. The van der Waals surface area contributed by atoms with Crippen molar-refractivity contribution in [3.05, 3.63) is 64.0 Å². The van der Waals surface area contributed by atoms with Crippen LogP contribution in [-0.2, 0) is 11.3 Å². The molecule has 0 atom stereocenters. The minimum atomic E-state index is -0.0694. The Morgan fingerprint density at radius 2 is 2.06 bits per heavy atom. The van der Waals surface area contributed by atoms with Gasteiger partial charge in [-0.15, -0.1) is 0 Å². The fraction of sp³-hybridized carbons (Fsp3) is 0.190. The summed E-state index contributed by atoms with van der Waals surface area (Å²) in [5.41, 5.74) is 1.69. The van der Waals surface area contributed by atoms with E-state index in [4.69, 9.17) is 38.1 Å². The Labute approximate surface area is 187 Å². The van der Waals surface area contributed by atoms with Crippen LogP contribution in [0.5, 0.6) is 5.88 Å². The molecule has 3 heterocycles. The van der Waals surface area contributed by atoms with Crippen LogP contribution in [-0.4, -0.2) is 49.1 Å². The molecule has 10 heteroatoms. The molecule has 0 unspecified atom stereocenters. The van der Waals surface area contributed by atoms with Crippen molar-refractivity contribution in [2.75, 3.05) is 19.8 Å². The highest BCUT2D eigenvalue weighted by atomic mass is 35.5. The molecule has 31 heavy (non-hydrogen) atoms. The summed E-state index contributed by atoms with van der Waals surface area (Å²) in [4.78, 5) is 8.68. The van der Waals surface area contributed by atoms with Gasteiger partial charge in [-0.1, -0.05) is 17.7 Å². The van der Waals surface area contributed by atoms with Gasteiger partial charge in [0.15, 0.2) is 10.4 Å². The van der Waals surface area contributed by atoms with Gasteiger partial charge in [0.2, 0.25) is 11.8 Å². The number of hydrogen-bond donors (Lipinski definition) is 2. The highest BCUT2D eigenvalue weighted by molar-refractivity contribution is 7.71. The minimum Gasteiger partial charge on any atom is -0.493 e. The second-order valence-corrected chi connectivity index (χ2v) is 7.30. The highest BCUT2D eigenvalue weighted by Gasteiger charge is 2.17. The summed E-state index contributed by atoms with van der Waals surface area (Å²) in [7, 11) is 0. The van der Waals surface area contributed by atoms with E-state index in [1.165, 1.54) is 4.57 Å². The van der Waals surface area contributed by atoms with E-state index in [1.54, 1.807) is 53.2 Å². The topological polar surface area (TPSA) is 98.5 Å². The monoisotopic (exact) mass is 458 g/mol. The first-order chi connectivity index (χ1) is 15.1. The summed E-state index contributed by atoms with van der Waals surface area (Å²) in [6, 6.07) is 10.5. The summed E-state index contributed by atoms with van der Waals surface area (Å²) in [5, 5.41) is 20.4. The summed E-state index contributed by atoms with van der Waals surface area (Å²) >= 11 is 11.6. The SMILES string of the molecule is OCCOCCn1c(C=Cc2nc3cc(Cl)ccc3o2)c(O)n(-c2ccccn2)c1=S. The molecule has 1 aromatic carbocycles. The Bertz CT molecular complexity index is 1280. The molecular formula is C21H19ClN4O4S. The third kappa shape index (κ3) is 4.54. The van der Waals surface area contributed by atoms with E-state index in [1.807, 2.05) is 6.07 Å². The Morgan fingerprint density at radius 3 is 2.84 bits per heavy atom. The Kier molecular flexibility index (Phi) is 6.47. The molecule has 0 aliphatic carbocycles. The molecule has 2 N–H and O–H groups in total. The average molecular weight is 459 g/mol. The van der Waals surface area contributed by atoms with Gasteiger partial charge in [-0.25, -0.2) is 14.5 Å². The first-order valence-electron chi connectivity index (χ1n) is 9.47. The van der Waals surface area contributed by atoms with Crippen LogP contribution >= 0.6 is 23.8 Å². The Morgan fingerprint density at radius 1 is 1.19 bits per heavy atom. The van der Waals surface area contributed by atoms with Crippen LogP contribution in [0.15, 0.2) is 47.0 Å². The lowest BCUT2D eigenvalue weighted by Gasteiger charge is -2.06. The summed E-state index contributed by atoms with van der Waals surface area (Å²) < 4.78 is 14.7. The minimum absolute atomic E-state index is 0.0683. The van der Waals surface area contributed by atoms with Crippen LogP contribution in [0.3, 0.4) is 0 Å². The van der Waals surface area contributed by atoms with Crippen molar-refractivity contribution in [1.29, 1.82) is 0 Å². The van der Waals surface area contributed by atoms with Crippen LogP contribution < -0.4 is 0 Å². The number of nitrogens with zero attached hydrogens (tertiary/aromatic N) is 4. The molecule has 0 saturated heterocycles. The second kappa shape index (κ2) is 9.44. The summed E-state index contributed by atoms with van der Waals surface area (Å²) in [6.07, 6.45) is 4.94. The van der Waals surface area contributed by atoms with Crippen molar-refractivity contribution < 1.29 is 19.4 Å². The van der Waals surface area contributed by atoms with Crippen LogP contribution in [0.4, 0.5) is 0 Å². The number of aliphatic hydroxyl groups excluding tert-OH is 1. The standard InChI is InChI=1S/C21H19ClN4O4S/c22-14-4-6-17-15(13-14)24-19(30-17)7-5-16-20(28)26(18-3-1-2-8-23-18)21(31)25(16)9-11-29-12-10-27/h1-8,13,27-28H,9-12H2. The lowest BCUT2D eigenvalue weighted by molar-refractivity contribution is 0.0867. The van der Waals surface area contributed by atoms with E-state index < -0.39 is 0 Å². The maximum Gasteiger partial charge on any atom is 0.223 e. The van der Waals surface area contributed by atoms with Gasteiger partial charge < -0.3 is 23.9 Å². The second-order valence-electron chi connectivity index (χ2n) is 6.50. The van der Waals surface area contributed by atoms with E-state index in [0.29, 0.717) is 51.4 Å².